The summed E-state index contributed by atoms with van der Waals surface area (Å²) in [7, 11) is -3.14. The van der Waals surface area contributed by atoms with Crippen molar-refractivity contribution in [2.75, 3.05) is 25.9 Å². The number of benzene rings is 1. The van der Waals surface area contributed by atoms with Crippen LogP contribution in [0.2, 0.25) is 0 Å². The average molecular weight is 314 g/mol. The highest BCUT2D eigenvalue weighted by Gasteiger charge is 2.25. The summed E-state index contributed by atoms with van der Waals surface area (Å²) in [5.74, 6) is 0.0936. The van der Waals surface area contributed by atoms with E-state index in [-0.39, 0.29) is 11.9 Å². The Morgan fingerprint density at radius 3 is 2.90 bits per heavy atom. The van der Waals surface area contributed by atoms with Crippen LogP contribution in [0.15, 0.2) is 24.3 Å². The van der Waals surface area contributed by atoms with Gasteiger partial charge in [0.05, 0.1) is 6.26 Å². The first-order chi connectivity index (χ1) is 9.85. The van der Waals surface area contributed by atoms with E-state index in [9.17, 15) is 12.8 Å². The summed E-state index contributed by atoms with van der Waals surface area (Å²) in [5.41, 5.74) is 0.965. The molecule has 21 heavy (non-hydrogen) atoms. The van der Waals surface area contributed by atoms with Crippen molar-refractivity contribution in [2.45, 2.75) is 25.8 Å². The lowest BCUT2D eigenvalue weighted by Gasteiger charge is -2.37. The van der Waals surface area contributed by atoms with Crippen molar-refractivity contribution in [3.63, 3.8) is 0 Å². The zero-order valence-electron chi connectivity index (χ0n) is 12.5. The number of nitrogens with zero attached hydrogens (tertiary/aromatic N) is 1. The van der Waals surface area contributed by atoms with Gasteiger partial charge in [0.25, 0.3) is 0 Å². The molecule has 0 aliphatic carbocycles. The normalized spacial score (nSPS) is 22.1. The van der Waals surface area contributed by atoms with Crippen molar-refractivity contribution in [1.29, 1.82) is 0 Å². The number of rotatable bonds is 5. The fourth-order valence-electron chi connectivity index (χ4n) is 2.86. The maximum absolute atomic E-state index is 13.3. The van der Waals surface area contributed by atoms with Gasteiger partial charge in [0.1, 0.15) is 5.82 Å². The zero-order chi connectivity index (χ0) is 15.5. The van der Waals surface area contributed by atoms with Crippen LogP contribution in [-0.4, -0.2) is 39.2 Å². The van der Waals surface area contributed by atoms with E-state index in [0.29, 0.717) is 12.5 Å². The third-order valence-electron chi connectivity index (χ3n) is 4.06. The second kappa shape index (κ2) is 6.85. The summed E-state index contributed by atoms with van der Waals surface area (Å²) in [4.78, 5) is 2.30. The van der Waals surface area contributed by atoms with Gasteiger partial charge in [-0.2, -0.15) is 0 Å². The quantitative estimate of drug-likeness (QED) is 0.906. The first-order valence-electron chi connectivity index (χ1n) is 7.29. The van der Waals surface area contributed by atoms with Crippen molar-refractivity contribution in [1.82, 2.24) is 9.62 Å². The van der Waals surface area contributed by atoms with Crippen LogP contribution in [0.5, 0.6) is 0 Å². The van der Waals surface area contributed by atoms with Crippen molar-refractivity contribution in [3.8, 4) is 0 Å². The lowest BCUT2D eigenvalue weighted by molar-refractivity contribution is 0.133. The van der Waals surface area contributed by atoms with Crippen molar-refractivity contribution in [2.24, 2.45) is 5.92 Å². The van der Waals surface area contributed by atoms with E-state index < -0.39 is 10.0 Å². The summed E-state index contributed by atoms with van der Waals surface area (Å²) in [6, 6.07) is 6.83. The Balaban J connectivity index is 1.97. The van der Waals surface area contributed by atoms with Crippen LogP contribution in [0.4, 0.5) is 4.39 Å². The molecular formula is C15H23FN2O2S. The molecule has 1 saturated heterocycles. The predicted octanol–water partition coefficient (Wildman–Crippen LogP) is 2.15. The lowest BCUT2D eigenvalue weighted by atomic mass is 9.95. The molecule has 2 atom stereocenters. The first kappa shape index (κ1) is 16.4. The second-order valence-electron chi connectivity index (χ2n) is 5.85. The summed E-state index contributed by atoms with van der Waals surface area (Å²) < 4.78 is 38.3. The Hall–Kier alpha value is -0.980. The molecule has 0 unspecified atom stereocenters. The molecule has 1 aromatic carbocycles. The fraction of sp³-hybridized carbons (Fsp3) is 0.600. The van der Waals surface area contributed by atoms with E-state index >= 15 is 0 Å². The lowest BCUT2D eigenvalue weighted by Crippen LogP contribution is -2.41. The molecule has 1 aromatic rings. The number of sulfonamides is 1. The molecule has 0 aromatic heterocycles. The van der Waals surface area contributed by atoms with Gasteiger partial charge in [0.2, 0.25) is 10.0 Å². The maximum Gasteiger partial charge on any atom is 0.208 e. The van der Waals surface area contributed by atoms with Crippen LogP contribution < -0.4 is 4.72 Å². The molecule has 1 aliphatic heterocycles. The summed E-state index contributed by atoms with van der Waals surface area (Å²) in [6.07, 6.45) is 3.24. The molecule has 118 valence electrons. The van der Waals surface area contributed by atoms with E-state index in [1.54, 1.807) is 12.1 Å². The van der Waals surface area contributed by atoms with Gasteiger partial charge in [-0.25, -0.2) is 17.5 Å². The molecule has 1 heterocycles. The van der Waals surface area contributed by atoms with Crippen LogP contribution in [0, 0.1) is 11.7 Å². The van der Waals surface area contributed by atoms with Gasteiger partial charge in [-0.3, -0.25) is 4.90 Å². The molecule has 0 saturated carbocycles. The Morgan fingerprint density at radius 1 is 1.48 bits per heavy atom. The van der Waals surface area contributed by atoms with Gasteiger partial charge in [-0.15, -0.1) is 0 Å². The molecule has 0 spiro atoms. The highest BCUT2D eigenvalue weighted by Crippen LogP contribution is 2.26. The number of hydrogen-bond acceptors (Lipinski definition) is 3. The van der Waals surface area contributed by atoms with Crippen molar-refractivity contribution >= 4 is 10.0 Å². The van der Waals surface area contributed by atoms with Crippen LogP contribution in [0.3, 0.4) is 0 Å². The molecule has 4 nitrogen and oxygen atoms in total. The molecule has 2 rings (SSSR count). The van der Waals surface area contributed by atoms with E-state index in [2.05, 4.69) is 16.5 Å². The third-order valence-corrected chi connectivity index (χ3v) is 4.75. The summed E-state index contributed by atoms with van der Waals surface area (Å²) >= 11 is 0. The standard InChI is InChI=1S/C15H23FN2O2S/c1-12(14-6-3-7-15(16)9-14)18-8-4-5-13(11-18)10-17-21(2,19)20/h3,6-7,9,12-13,17H,4-5,8,10-11H2,1-2H3/t12-,13-/m0/s1. The number of halogens is 1. The zero-order valence-corrected chi connectivity index (χ0v) is 13.4. The molecule has 0 radical (unpaired) electrons. The molecule has 0 bridgehead atoms. The largest absolute Gasteiger partial charge is 0.296 e. The molecular weight excluding hydrogens is 291 g/mol. The van der Waals surface area contributed by atoms with Gasteiger partial charge in [0, 0.05) is 19.1 Å². The van der Waals surface area contributed by atoms with Crippen LogP contribution in [0.25, 0.3) is 0 Å². The number of piperidine rings is 1. The highest BCUT2D eigenvalue weighted by atomic mass is 32.2. The monoisotopic (exact) mass is 314 g/mol. The summed E-state index contributed by atoms with van der Waals surface area (Å²) in [5, 5.41) is 0. The van der Waals surface area contributed by atoms with Gasteiger partial charge in [0.15, 0.2) is 0 Å². The minimum atomic E-state index is -3.14. The van der Waals surface area contributed by atoms with Gasteiger partial charge in [-0.1, -0.05) is 12.1 Å². The minimum absolute atomic E-state index is 0.140. The topological polar surface area (TPSA) is 49.4 Å². The SMILES string of the molecule is C[C@@H](c1cccc(F)c1)N1CCC[C@@H](CNS(C)(=O)=O)C1. The van der Waals surface area contributed by atoms with Gasteiger partial charge < -0.3 is 0 Å². The summed E-state index contributed by atoms with van der Waals surface area (Å²) in [6.45, 7) is 4.35. The van der Waals surface area contributed by atoms with Crippen molar-refractivity contribution in [3.05, 3.63) is 35.6 Å². The van der Waals surface area contributed by atoms with E-state index in [1.165, 1.54) is 12.3 Å². The van der Waals surface area contributed by atoms with Crippen molar-refractivity contribution < 1.29 is 12.8 Å². The molecule has 1 aliphatic rings. The molecule has 6 heteroatoms. The second-order valence-corrected chi connectivity index (χ2v) is 7.69. The molecule has 1 N–H and O–H groups in total. The third kappa shape index (κ3) is 5.05. The number of nitrogens with one attached hydrogen (secondary N) is 1. The highest BCUT2D eigenvalue weighted by molar-refractivity contribution is 7.88. The van der Waals surface area contributed by atoms with Crippen LogP contribution >= 0.6 is 0 Å². The smallest absolute Gasteiger partial charge is 0.208 e. The Labute approximate surface area is 126 Å². The minimum Gasteiger partial charge on any atom is -0.296 e. The van der Waals surface area contributed by atoms with Gasteiger partial charge in [-0.05, 0) is 49.9 Å². The predicted molar refractivity (Wildman–Crippen MR) is 82.0 cm³/mol. The maximum atomic E-state index is 13.3. The van der Waals surface area contributed by atoms with Crippen LogP contribution in [-0.2, 0) is 10.0 Å². The average Bonchev–Trinajstić information content (AvgIpc) is 2.44. The Bertz CT molecular complexity index is 577. The van der Waals surface area contributed by atoms with Gasteiger partial charge >= 0.3 is 0 Å². The first-order valence-corrected chi connectivity index (χ1v) is 9.18. The van der Waals surface area contributed by atoms with E-state index in [4.69, 9.17) is 0 Å². The number of hydrogen-bond donors (Lipinski definition) is 1. The molecule has 1 fully saturated rings. The number of likely N-dealkylation sites (tertiary alicyclic amines) is 1. The Kier molecular flexibility index (Phi) is 5.35. The Morgan fingerprint density at radius 2 is 2.24 bits per heavy atom. The fourth-order valence-corrected chi connectivity index (χ4v) is 3.40. The molecule has 0 amide bonds. The van der Waals surface area contributed by atoms with E-state index in [1.807, 2.05) is 6.07 Å². The van der Waals surface area contributed by atoms with Crippen LogP contribution in [0.1, 0.15) is 31.4 Å². The van der Waals surface area contributed by atoms with E-state index in [0.717, 1.165) is 31.5 Å².